The Bertz CT molecular complexity index is 337. The van der Waals surface area contributed by atoms with Crippen LogP contribution in [0, 0.1) is 0 Å². The predicted molar refractivity (Wildman–Crippen MR) is 108 cm³/mol. The summed E-state index contributed by atoms with van der Waals surface area (Å²) in [5.41, 5.74) is 0. The molecule has 25 heavy (non-hydrogen) atoms. The Morgan fingerprint density at radius 3 is 2.28 bits per heavy atom. The van der Waals surface area contributed by atoms with Crippen LogP contribution in [0.3, 0.4) is 0 Å². The van der Waals surface area contributed by atoms with Gasteiger partial charge in [-0.05, 0) is 46.5 Å². The highest BCUT2D eigenvalue weighted by molar-refractivity contribution is 8.77. The van der Waals surface area contributed by atoms with Crippen molar-refractivity contribution in [2.24, 2.45) is 0 Å². The molecule has 0 amide bonds. The molecule has 0 aromatic carbocycles. The minimum Gasteiger partial charge on any atom is -0.466 e. The number of esters is 1. The van der Waals surface area contributed by atoms with E-state index in [4.69, 9.17) is 18.0 Å². The lowest BCUT2D eigenvalue weighted by atomic mass is 10.1. The fourth-order valence-corrected chi connectivity index (χ4v) is 8.36. The second kappa shape index (κ2) is 14.3. The molecule has 1 aliphatic heterocycles. The summed E-state index contributed by atoms with van der Waals surface area (Å²) in [6.07, 6.45) is 5.81. The van der Waals surface area contributed by atoms with Crippen LogP contribution in [-0.2, 0) is 22.8 Å². The normalized spacial score (nSPS) is 17.8. The van der Waals surface area contributed by atoms with Crippen molar-refractivity contribution in [1.29, 1.82) is 0 Å². The van der Waals surface area contributed by atoms with Gasteiger partial charge < -0.3 is 18.0 Å². The standard InChI is InChI=1S/C17H34O5S2Si/c1-4-20-25(21-5-2,22-6-3)15-9-13-19-17(18)11-8-7-10-16-12-14-23-24-16/h16H,4-15H2,1-3H3. The fraction of sp³-hybridized carbons (Fsp3) is 0.941. The lowest BCUT2D eigenvalue weighted by Gasteiger charge is -2.28. The van der Waals surface area contributed by atoms with Gasteiger partial charge in [-0.25, -0.2) is 0 Å². The monoisotopic (exact) mass is 410 g/mol. The topological polar surface area (TPSA) is 54.0 Å². The molecule has 1 unspecified atom stereocenters. The van der Waals surface area contributed by atoms with Gasteiger partial charge in [-0.2, -0.15) is 0 Å². The summed E-state index contributed by atoms with van der Waals surface area (Å²) in [7, 11) is 1.36. The zero-order valence-electron chi connectivity index (χ0n) is 15.9. The van der Waals surface area contributed by atoms with Crippen molar-refractivity contribution < 1.29 is 22.8 Å². The summed E-state index contributed by atoms with van der Waals surface area (Å²) in [6.45, 7) is 7.97. The Balaban J connectivity index is 2.13. The van der Waals surface area contributed by atoms with Crippen LogP contribution in [0.4, 0.5) is 0 Å². The van der Waals surface area contributed by atoms with Gasteiger partial charge in [-0.1, -0.05) is 28.0 Å². The molecule has 0 saturated carbocycles. The third kappa shape index (κ3) is 10.2. The molecule has 1 fully saturated rings. The minimum absolute atomic E-state index is 0.0926. The predicted octanol–water partition coefficient (Wildman–Crippen LogP) is 4.68. The number of carbonyl (C=O) groups is 1. The van der Waals surface area contributed by atoms with E-state index in [2.05, 4.69) is 0 Å². The van der Waals surface area contributed by atoms with Crippen LogP contribution in [0.25, 0.3) is 0 Å². The first kappa shape index (κ1) is 23.3. The molecular weight excluding hydrogens is 376 g/mol. The fourth-order valence-electron chi connectivity index (χ4n) is 2.75. The van der Waals surface area contributed by atoms with E-state index in [1.54, 1.807) is 0 Å². The van der Waals surface area contributed by atoms with Crippen LogP contribution in [0.2, 0.25) is 6.04 Å². The molecule has 0 N–H and O–H groups in total. The molecule has 8 heteroatoms. The molecule has 148 valence electrons. The summed E-state index contributed by atoms with van der Waals surface area (Å²) < 4.78 is 22.7. The minimum atomic E-state index is -2.61. The van der Waals surface area contributed by atoms with E-state index in [9.17, 15) is 4.79 Å². The van der Waals surface area contributed by atoms with Crippen LogP contribution in [-0.4, -0.2) is 52.2 Å². The lowest BCUT2D eigenvalue weighted by molar-refractivity contribution is -0.143. The van der Waals surface area contributed by atoms with Crippen molar-refractivity contribution in [3.63, 3.8) is 0 Å². The number of hydrogen-bond acceptors (Lipinski definition) is 7. The lowest BCUT2D eigenvalue weighted by Crippen LogP contribution is -2.46. The number of carbonyl (C=O) groups excluding carboxylic acids is 1. The Hall–Kier alpha value is 0.267. The van der Waals surface area contributed by atoms with Gasteiger partial charge in [0.2, 0.25) is 0 Å². The largest absolute Gasteiger partial charge is 0.501 e. The maximum Gasteiger partial charge on any atom is 0.501 e. The molecule has 1 rings (SSSR count). The molecule has 0 bridgehead atoms. The van der Waals surface area contributed by atoms with Crippen molar-refractivity contribution >= 4 is 36.4 Å². The molecule has 1 aliphatic rings. The summed E-state index contributed by atoms with van der Waals surface area (Å²) in [4.78, 5) is 11.8. The summed E-state index contributed by atoms with van der Waals surface area (Å²) in [5.74, 6) is 1.18. The van der Waals surface area contributed by atoms with Crippen LogP contribution < -0.4 is 0 Å². The number of unbranched alkanes of at least 4 members (excludes halogenated alkanes) is 1. The highest BCUT2D eigenvalue weighted by Gasteiger charge is 2.39. The van der Waals surface area contributed by atoms with E-state index in [-0.39, 0.29) is 5.97 Å². The second-order valence-corrected chi connectivity index (χ2v) is 11.4. The SMILES string of the molecule is CCO[Si](CCCOC(=O)CCCCC1CCSS1)(OCC)OCC. The van der Waals surface area contributed by atoms with Crippen molar-refractivity contribution in [2.45, 2.75) is 70.6 Å². The average molecular weight is 411 g/mol. The molecule has 1 saturated heterocycles. The first-order valence-electron chi connectivity index (χ1n) is 9.51. The Labute approximate surface area is 162 Å². The van der Waals surface area contributed by atoms with Gasteiger partial charge in [0.05, 0.1) is 6.61 Å². The first-order valence-corrected chi connectivity index (χ1v) is 13.8. The first-order chi connectivity index (χ1) is 12.2. The maximum atomic E-state index is 11.8. The van der Waals surface area contributed by atoms with Crippen LogP contribution in [0.1, 0.15) is 59.3 Å². The molecule has 1 heterocycles. The Kier molecular flexibility index (Phi) is 13.4. The van der Waals surface area contributed by atoms with Gasteiger partial charge in [0.1, 0.15) is 0 Å². The molecule has 0 aromatic rings. The van der Waals surface area contributed by atoms with Gasteiger partial charge in [0.15, 0.2) is 0 Å². The number of hydrogen-bond donors (Lipinski definition) is 0. The van der Waals surface area contributed by atoms with E-state index in [0.29, 0.717) is 45.3 Å². The average Bonchev–Trinajstić information content (AvgIpc) is 3.10. The van der Waals surface area contributed by atoms with Crippen molar-refractivity contribution in [3.8, 4) is 0 Å². The Morgan fingerprint density at radius 1 is 1.04 bits per heavy atom. The number of ether oxygens (including phenoxy) is 1. The molecule has 5 nitrogen and oxygen atoms in total. The summed E-state index contributed by atoms with van der Waals surface area (Å²) in [5, 5.41) is 0.787. The van der Waals surface area contributed by atoms with Gasteiger partial charge in [-0.15, -0.1) is 0 Å². The highest BCUT2D eigenvalue weighted by Crippen LogP contribution is 2.39. The van der Waals surface area contributed by atoms with Crippen molar-refractivity contribution in [1.82, 2.24) is 0 Å². The van der Waals surface area contributed by atoms with Gasteiger partial charge >= 0.3 is 14.8 Å². The molecular formula is C17H34O5S2Si. The van der Waals surface area contributed by atoms with Crippen LogP contribution in [0.5, 0.6) is 0 Å². The van der Waals surface area contributed by atoms with Gasteiger partial charge in [0.25, 0.3) is 0 Å². The van der Waals surface area contributed by atoms with Crippen molar-refractivity contribution in [3.05, 3.63) is 0 Å². The Morgan fingerprint density at radius 2 is 1.72 bits per heavy atom. The van der Waals surface area contributed by atoms with Gasteiger partial charge in [-0.3, -0.25) is 4.79 Å². The summed E-state index contributed by atoms with van der Waals surface area (Å²) in [6, 6.07) is 0.687. The third-order valence-electron chi connectivity index (χ3n) is 3.87. The van der Waals surface area contributed by atoms with E-state index >= 15 is 0 Å². The molecule has 0 aliphatic carbocycles. The zero-order chi connectivity index (χ0) is 18.4. The summed E-state index contributed by atoms with van der Waals surface area (Å²) >= 11 is 0. The number of rotatable bonds is 15. The van der Waals surface area contributed by atoms with Gasteiger partial charge in [0, 0.05) is 43.3 Å². The zero-order valence-corrected chi connectivity index (χ0v) is 18.6. The van der Waals surface area contributed by atoms with E-state index in [1.165, 1.54) is 18.6 Å². The smallest absolute Gasteiger partial charge is 0.466 e. The molecule has 0 spiro atoms. The molecule has 1 atom stereocenters. The van der Waals surface area contributed by atoms with E-state index in [1.807, 2.05) is 42.4 Å². The van der Waals surface area contributed by atoms with E-state index < -0.39 is 8.80 Å². The quantitative estimate of drug-likeness (QED) is 0.168. The van der Waals surface area contributed by atoms with Crippen LogP contribution in [0.15, 0.2) is 0 Å². The third-order valence-corrected chi connectivity index (χ3v) is 10.0. The maximum absolute atomic E-state index is 11.8. The molecule has 0 aromatic heterocycles. The highest BCUT2D eigenvalue weighted by atomic mass is 33.1. The van der Waals surface area contributed by atoms with Crippen molar-refractivity contribution in [2.75, 3.05) is 32.2 Å². The van der Waals surface area contributed by atoms with Crippen LogP contribution >= 0.6 is 21.6 Å². The second-order valence-electron chi connectivity index (χ2n) is 5.88. The molecule has 0 radical (unpaired) electrons. The van der Waals surface area contributed by atoms with E-state index in [0.717, 1.165) is 18.1 Å².